The first-order chi connectivity index (χ1) is 36.4. The molecule has 9 aromatic rings. The number of aryl methyl sites for hydroxylation is 4. The van der Waals surface area contributed by atoms with Crippen LogP contribution in [0.25, 0.3) is 55.7 Å². The first-order valence-electron chi connectivity index (χ1n) is 27.9. The summed E-state index contributed by atoms with van der Waals surface area (Å²) < 4.78 is 0. The average Bonchev–Trinajstić information content (AvgIpc) is 4.24. The van der Waals surface area contributed by atoms with Crippen molar-refractivity contribution in [2.24, 2.45) is 5.92 Å². The molecule has 0 spiro atoms. The smallest absolute Gasteiger partial charge is 0.000853 e. The molecule has 382 valence electrons. The molecule has 0 nitrogen and oxygen atoms in total. The van der Waals surface area contributed by atoms with Crippen LogP contribution in [0.2, 0.25) is 0 Å². The van der Waals surface area contributed by atoms with Crippen LogP contribution in [0.5, 0.6) is 0 Å². The molecule has 0 heteroatoms. The van der Waals surface area contributed by atoms with Crippen molar-refractivity contribution in [3.63, 3.8) is 0 Å². The topological polar surface area (TPSA) is 0 Å². The molecule has 5 aliphatic carbocycles. The molecule has 0 amide bonds. The SMILES string of the molecule is CC1=c2ccccc2=C(C)C1C.Cc1cc2c(c(C)c1C)-c1ccccc1C2.Cc1cc2c(c(C)c1C)-c1ccccc1C2.Cc1cc2c(c(C)c1C)Cc1ccccc1-2.Cc1cc2c(c(C)c1C)Cc1ccccc1-2. The molecule has 0 unspecified atom stereocenters. The van der Waals surface area contributed by atoms with Crippen LogP contribution in [0.3, 0.4) is 0 Å². The van der Waals surface area contributed by atoms with Gasteiger partial charge < -0.3 is 0 Å². The minimum absolute atomic E-state index is 0.641. The van der Waals surface area contributed by atoms with Gasteiger partial charge in [-0.2, -0.15) is 0 Å². The first kappa shape index (κ1) is 52.2. The molecule has 0 N–H and O–H groups in total. The minimum atomic E-state index is 0.641. The van der Waals surface area contributed by atoms with Crippen molar-refractivity contribution < 1.29 is 0 Å². The summed E-state index contributed by atoms with van der Waals surface area (Å²) in [4.78, 5) is 0. The zero-order valence-corrected chi connectivity index (χ0v) is 48.3. The Morgan fingerprint density at radius 2 is 0.553 bits per heavy atom. The lowest BCUT2D eigenvalue weighted by molar-refractivity contribution is 0.976. The van der Waals surface area contributed by atoms with Crippen LogP contribution in [0.15, 0.2) is 146 Å². The van der Waals surface area contributed by atoms with E-state index >= 15 is 0 Å². The van der Waals surface area contributed by atoms with Gasteiger partial charge >= 0.3 is 0 Å². The highest BCUT2D eigenvalue weighted by atomic mass is 14.3. The Bertz CT molecular complexity index is 3670. The van der Waals surface area contributed by atoms with E-state index in [-0.39, 0.29) is 0 Å². The summed E-state index contributed by atoms with van der Waals surface area (Å²) in [6.45, 7) is 33.5. The predicted molar refractivity (Wildman–Crippen MR) is 329 cm³/mol. The van der Waals surface area contributed by atoms with E-state index in [0.717, 1.165) is 25.7 Å². The van der Waals surface area contributed by atoms with E-state index in [1.165, 1.54) is 177 Å². The maximum absolute atomic E-state index is 2.36. The van der Waals surface area contributed by atoms with Gasteiger partial charge in [0.05, 0.1) is 0 Å². The molecule has 0 atom stereocenters. The first-order valence-corrected chi connectivity index (χ1v) is 27.9. The maximum atomic E-state index is 2.36. The molecule has 0 aromatic heterocycles. The second-order valence-electron chi connectivity index (χ2n) is 22.9. The molecule has 0 fully saturated rings. The monoisotopic (exact) mass is 991 g/mol. The lowest BCUT2D eigenvalue weighted by Crippen LogP contribution is -2.22. The van der Waals surface area contributed by atoms with E-state index in [1.807, 2.05) is 0 Å². The largest absolute Gasteiger partial charge is 0.0619 e. The minimum Gasteiger partial charge on any atom is -0.0619 e. The van der Waals surface area contributed by atoms with Crippen molar-refractivity contribution in [1.82, 2.24) is 0 Å². The van der Waals surface area contributed by atoms with Crippen LogP contribution < -0.4 is 10.4 Å². The average molecular weight is 991 g/mol. The number of fused-ring (bicyclic) bond motifs is 13. The fourth-order valence-electron chi connectivity index (χ4n) is 13.0. The van der Waals surface area contributed by atoms with Gasteiger partial charge in [0.25, 0.3) is 0 Å². The van der Waals surface area contributed by atoms with Gasteiger partial charge in [0.2, 0.25) is 0 Å². The molecule has 14 rings (SSSR count). The lowest BCUT2D eigenvalue weighted by atomic mass is 9.93. The molecule has 0 saturated heterocycles. The van der Waals surface area contributed by atoms with Crippen molar-refractivity contribution in [2.45, 2.75) is 130 Å². The Labute approximate surface area is 456 Å². The maximum Gasteiger partial charge on any atom is -0.000853 e. The standard InChI is InChI=1S/4C16H16.C12H14/c2*1-10-8-14-9-13-6-4-5-7-15(13)16(14)12(3)11(10)2;2*1-10-8-16-14-7-5-4-6-13(14)9-15(16)12(3)11(10)2;1-8-9(2)11-6-4-5-7-12(11)10(8)3/h4*4-8H,9H2,1-3H3;4-8H,1-3H3. The number of hydrogen-bond acceptors (Lipinski definition) is 0. The van der Waals surface area contributed by atoms with Gasteiger partial charge in [-0.3, -0.25) is 0 Å². The molecule has 0 radical (unpaired) electrons. The fourth-order valence-corrected chi connectivity index (χ4v) is 13.0. The van der Waals surface area contributed by atoms with Crippen molar-refractivity contribution in [3.8, 4) is 44.5 Å². The zero-order valence-electron chi connectivity index (χ0n) is 48.3. The van der Waals surface area contributed by atoms with Crippen molar-refractivity contribution in [2.75, 3.05) is 0 Å². The molecular weight excluding hydrogens is 913 g/mol. The van der Waals surface area contributed by atoms with Gasteiger partial charge in [0.15, 0.2) is 0 Å². The van der Waals surface area contributed by atoms with Crippen LogP contribution in [-0.4, -0.2) is 0 Å². The van der Waals surface area contributed by atoms with E-state index in [2.05, 4.69) is 249 Å². The third-order valence-corrected chi connectivity index (χ3v) is 18.8. The molecule has 5 aliphatic rings. The number of rotatable bonds is 0. The van der Waals surface area contributed by atoms with Gasteiger partial charge in [-0.25, -0.2) is 0 Å². The van der Waals surface area contributed by atoms with Gasteiger partial charge in [-0.15, -0.1) is 0 Å². The van der Waals surface area contributed by atoms with Crippen LogP contribution in [0.4, 0.5) is 0 Å². The zero-order chi connectivity index (χ0) is 53.9. The Kier molecular flexibility index (Phi) is 14.4. The Morgan fingerprint density at radius 1 is 0.263 bits per heavy atom. The van der Waals surface area contributed by atoms with Gasteiger partial charge in [0.1, 0.15) is 0 Å². The highest BCUT2D eigenvalue weighted by Gasteiger charge is 2.25. The lowest BCUT2D eigenvalue weighted by Gasteiger charge is -2.11. The molecule has 9 aromatic carbocycles. The van der Waals surface area contributed by atoms with Crippen LogP contribution >= 0.6 is 0 Å². The highest BCUT2D eigenvalue weighted by Crippen LogP contribution is 2.44. The van der Waals surface area contributed by atoms with E-state index in [0.29, 0.717) is 5.92 Å². The Morgan fingerprint density at radius 3 is 0.921 bits per heavy atom. The van der Waals surface area contributed by atoms with Crippen LogP contribution in [-0.2, 0) is 25.7 Å². The molecular formula is C76H78. The summed E-state index contributed by atoms with van der Waals surface area (Å²) >= 11 is 0. The summed E-state index contributed by atoms with van der Waals surface area (Å²) in [6, 6.07) is 53.2. The van der Waals surface area contributed by atoms with E-state index < -0.39 is 0 Å². The normalized spacial score (nSPS) is 13.1. The van der Waals surface area contributed by atoms with Gasteiger partial charge in [-0.05, 0) is 295 Å². The summed E-state index contributed by atoms with van der Waals surface area (Å²) in [7, 11) is 0. The third-order valence-electron chi connectivity index (χ3n) is 18.8. The summed E-state index contributed by atoms with van der Waals surface area (Å²) in [6.07, 6.45) is 4.43. The van der Waals surface area contributed by atoms with Gasteiger partial charge in [0, 0.05) is 0 Å². The third kappa shape index (κ3) is 9.33. The van der Waals surface area contributed by atoms with Gasteiger partial charge in [-0.1, -0.05) is 164 Å². The van der Waals surface area contributed by atoms with E-state index in [9.17, 15) is 0 Å². The highest BCUT2D eigenvalue weighted by molar-refractivity contribution is 5.83. The Balaban J connectivity index is 0.000000108. The number of benzene rings is 9. The summed E-state index contributed by atoms with van der Waals surface area (Å²) in [5, 5.41) is 2.89. The molecule has 0 bridgehead atoms. The predicted octanol–water partition coefficient (Wildman–Crippen LogP) is 18.4. The Hall–Kier alpha value is -7.28. The quantitative estimate of drug-likeness (QED) is 0.142. The second kappa shape index (κ2) is 21.0. The summed E-state index contributed by atoms with van der Waals surface area (Å²) in [5.41, 5.74) is 44.0. The second-order valence-corrected chi connectivity index (χ2v) is 22.9. The van der Waals surface area contributed by atoms with E-state index in [1.54, 1.807) is 0 Å². The van der Waals surface area contributed by atoms with Crippen molar-refractivity contribution in [1.29, 1.82) is 0 Å². The van der Waals surface area contributed by atoms with Crippen molar-refractivity contribution in [3.05, 3.63) is 267 Å². The summed E-state index contributed by atoms with van der Waals surface area (Å²) in [5.74, 6) is 0.641. The number of hydrogen-bond donors (Lipinski definition) is 0. The van der Waals surface area contributed by atoms with E-state index in [4.69, 9.17) is 0 Å². The fraction of sp³-hybridized carbons (Fsp3) is 0.263. The van der Waals surface area contributed by atoms with Crippen LogP contribution in [0, 0.1) is 89.0 Å². The van der Waals surface area contributed by atoms with Crippen molar-refractivity contribution >= 4 is 11.1 Å². The molecule has 0 saturated carbocycles. The van der Waals surface area contributed by atoms with Crippen LogP contribution in [0.1, 0.15) is 132 Å². The molecule has 0 heterocycles. The molecule has 76 heavy (non-hydrogen) atoms. The molecule has 0 aliphatic heterocycles.